The predicted octanol–water partition coefficient (Wildman–Crippen LogP) is 1.70. The zero-order valence-electron chi connectivity index (χ0n) is 11.5. The van der Waals surface area contributed by atoms with E-state index in [1.807, 2.05) is 6.92 Å². The van der Waals surface area contributed by atoms with Crippen LogP contribution in [0.25, 0.3) is 0 Å². The molecule has 0 aliphatic carbocycles. The highest BCUT2D eigenvalue weighted by Crippen LogP contribution is 2.25. The van der Waals surface area contributed by atoms with E-state index in [2.05, 4.69) is 20.1 Å². The van der Waals surface area contributed by atoms with Crippen molar-refractivity contribution < 1.29 is 9.90 Å². The Labute approximate surface area is 120 Å². The summed E-state index contributed by atoms with van der Waals surface area (Å²) < 4.78 is 1.77. The van der Waals surface area contributed by atoms with Crippen LogP contribution in [0.4, 0.5) is 0 Å². The minimum absolute atomic E-state index is 0.156. The molecule has 0 spiro atoms. The summed E-state index contributed by atoms with van der Waals surface area (Å²) in [4.78, 5) is 23.8. The maximum Gasteiger partial charge on any atom is 0.340 e. The van der Waals surface area contributed by atoms with Crippen LogP contribution in [0.2, 0.25) is 0 Å². The number of rotatable bonds is 5. The summed E-state index contributed by atoms with van der Waals surface area (Å²) in [5, 5.41) is 13.8. The second kappa shape index (κ2) is 6.00. The number of thioether (sulfide) groups is 1. The second-order valence-corrected chi connectivity index (χ2v) is 5.09. The fourth-order valence-corrected chi connectivity index (χ4v) is 2.89. The molecular weight excluding hydrogens is 278 g/mol. The molecule has 20 heavy (non-hydrogen) atoms. The summed E-state index contributed by atoms with van der Waals surface area (Å²) in [7, 11) is 0. The fourth-order valence-electron chi connectivity index (χ4n) is 1.83. The van der Waals surface area contributed by atoms with Gasteiger partial charge < -0.3 is 5.11 Å². The fraction of sp³-hybridized carbons (Fsp3) is 0.417. The Kier molecular flexibility index (Phi) is 4.33. The first-order valence-corrected chi connectivity index (χ1v) is 7.09. The van der Waals surface area contributed by atoms with Crippen molar-refractivity contribution in [2.75, 3.05) is 0 Å². The van der Waals surface area contributed by atoms with E-state index in [4.69, 9.17) is 0 Å². The van der Waals surface area contributed by atoms with Crippen LogP contribution in [-0.4, -0.2) is 35.8 Å². The van der Waals surface area contributed by atoms with Crippen LogP contribution < -0.4 is 0 Å². The summed E-state index contributed by atoms with van der Waals surface area (Å²) >= 11 is 1.34. The SMILES string of the molecule is CCn1ncnc1CSc1nc(C)nc(C)c1C(=O)O. The van der Waals surface area contributed by atoms with Crippen LogP contribution in [0.5, 0.6) is 0 Å². The molecule has 0 radical (unpaired) electrons. The summed E-state index contributed by atoms with van der Waals surface area (Å²) in [6.45, 7) is 6.13. The molecule has 0 aromatic carbocycles. The lowest BCUT2D eigenvalue weighted by molar-refractivity contribution is 0.0690. The monoisotopic (exact) mass is 293 g/mol. The average Bonchev–Trinajstić information content (AvgIpc) is 2.82. The molecule has 1 N–H and O–H groups in total. The first-order valence-electron chi connectivity index (χ1n) is 6.11. The number of aromatic nitrogens is 5. The van der Waals surface area contributed by atoms with Crippen molar-refractivity contribution in [1.29, 1.82) is 0 Å². The highest BCUT2D eigenvalue weighted by atomic mass is 32.2. The number of aryl methyl sites for hydroxylation is 3. The van der Waals surface area contributed by atoms with E-state index in [0.717, 1.165) is 12.4 Å². The van der Waals surface area contributed by atoms with Crippen molar-refractivity contribution in [3.8, 4) is 0 Å². The van der Waals surface area contributed by atoms with E-state index in [1.54, 1.807) is 18.5 Å². The van der Waals surface area contributed by atoms with Crippen LogP contribution in [0.1, 0.15) is 34.6 Å². The zero-order chi connectivity index (χ0) is 14.7. The van der Waals surface area contributed by atoms with Gasteiger partial charge in [-0.1, -0.05) is 11.8 Å². The minimum Gasteiger partial charge on any atom is -0.478 e. The molecule has 0 aliphatic rings. The molecule has 0 bridgehead atoms. The van der Waals surface area contributed by atoms with Gasteiger partial charge in [0.05, 0.1) is 11.4 Å². The van der Waals surface area contributed by atoms with Crippen LogP contribution >= 0.6 is 11.8 Å². The summed E-state index contributed by atoms with van der Waals surface area (Å²) in [5.41, 5.74) is 0.632. The topological polar surface area (TPSA) is 93.8 Å². The predicted molar refractivity (Wildman–Crippen MR) is 73.7 cm³/mol. The first-order chi connectivity index (χ1) is 9.52. The Balaban J connectivity index is 2.27. The van der Waals surface area contributed by atoms with Crippen molar-refractivity contribution >= 4 is 17.7 Å². The van der Waals surface area contributed by atoms with Crippen molar-refractivity contribution in [2.45, 2.75) is 38.1 Å². The summed E-state index contributed by atoms with van der Waals surface area (Å²) in [6, 6.07) is 0. The third kappa shape index (κ3) is 2.96. The number of aromatic carboxylic acids is 1. The summed E-state index contributed by atoms with van der Waals surface area (Å²) in [5.74, 6) is 0.862. The van der Waals surface area contributed by atoms with Crippen molar-refractivity contribution in [2.24, 2.45) is 0 Å². The normalized spacial score (nSPS) is 10.8. The van der Waals surface area contributed by atoms with Gasteiger partial charge in [-0.15, -0.1) is 0 Å². The van der Waals surface area contributed by atoms with E-state index >= 15 is 0 Å². The number of nitrogens with zero attached hydrogens (tertiary/aromatic N) is 5. The second-order valence-electron chi connectivity index (χ2n) is 4.12. The molecule has 0 unspecified atom stereocenters. The third-order valence-electron chi connectivity index (χ3n) is 2.72. The molecule has 0 amide bonds. The van der Waals surface area contributed by atoms with Gasteiger partial charge >= 0.3 is 5.97 Å². The first kappa shape index (κ1) is 14.4. The quantitative estimate of drug-likeness (QED) is 0.662. The standard InChI is InChI=1S/C12H15N5O2S/c1-4-17-9(13-6-14-17)5-20-11-10(12(18)19)7(2)15-8(3)16-11/h6H,4-5H2,1-3H3,(H,18,19). The molecule has 7 nitrogen and oxygen atoms in total. The molecule has 2 aromatic rings. The Morgan fingerprint density at radius 1 is 1.40 bits per heavy atom. The van der Waals surface area contributed by atoms with E-state index in [0.29, 0.717) is 22.3 Å². The van der Waals surface area contributed by atoms with E-state index < -0.39 is 5.97 Å². The molecule has 0 atom stereocenters. The molecule has 0 saturated heterocycles. The van der Waals surface area contributed by atoms with Crippen molar-refractivity contribution in [3.05, 3.63) is 29.2 Å². The molecular formula is C12H15N5O2S. The number of carboxylic acid groups (broad SMARTS) is 1. The Morgan fingerprint density at radius 3 is 2.80 bits per heavy atom. The molecule has 2 rings (SSSR count). The van der Waals surface area contributed by atoms with Gasteiger partial charge in [0, 0.05) is 6.54 Å². The van der Waals surface area contributed by atoms with Gasteiger partial charge in [0.1, 0.15) is 28.6 Å². The number of carbonyl (C=O) groups is 1. The molecule has 0 aliphatic heterocycles. The van der Waals surface area contributed by atoms with Crippen molar-refractivity contribution in [3.63, 3.8) is 0 Å². The molecule has 0 fully saturated rings. The minimum atomic E-state index is -1.01. The molecule has 0 saturated carbocycles. The molecule has 8 heteroatoms. The van der Waals surface area contributed by atoms with E-state index in [9.17, 15) is 9.90 Å². The van der Waals surface area contributed by atoms with Gasteiger partial charge in [-0.2, -0.15) is 5.10 Å². The van der Waals surface area contributed by atoms with Gasteiger partial charge in [0.2, 0.25) is 0 Å². The Morgan fingerprint density at radius 2 is 2.15 bits per heavy atom. The van der Waals surface area contributed by atoms with Gasteiger partial charge in [-0.25, -0.2) is 24.4 Å². The van der Waals surface area contributed by atoms with Crippen LogP contribution in [-0.2, 0) is 12.3 Å². The van der Waals surface area contributed by atoms with Gasteiger partial charge in [-0.05, 0) is 20.8 Å². The number of carboxylic acids is 1. The lowest BCUT2D eigenvalue weighted by atomic mass is 10.2. The number of hydrogen-bond acceptors (Lipinski definition) is 6. The maximum atomic E-state index is 11.3. The molecule has 2 aromatic heterocycles. The van der Waals surface area contributed by atoms with Crippen LogP contribution in [0.15, 0.2) is 11.4 Å². The van der Waals surface area contributed by atoms with Crippen LogP contribution in [0.3, 0.4) is 0 Å². The van der Waals surface area contributed by atoms with Gasteiger partial charge in [-0.3, -0.25) is 0 Å². The molecule has 2 heterocycles. The van der Waals surface area contributed by atoms with Gasteiger partial charge in [0.25, 0.3) is 0 Å². The zero-order valence-corrected chi connectivity index (χ0v) is 12.3. The van der Waals surface area contributed by atoms with Gasteiger partial charge in [0.15, 0.2) is 0 Å². The van der Waals surface area contributed by atoms with E-state index in [1.165, 1.54) is 18.1 Å². The van der Waals surface area contributed by atoms with Crippen LogP contribution in [0, 0.1) is 13.8 Å². The Hall–Kier alpha value is -1.96. The van der Waals surface area contributed by atoms with E-state index in [-0.39, 0.29) is 5.56 Å². The maximum absolute atomic E-state index is 11.3. The van der Waals surface area contributed by atoms with Crippen molar-refractivity contribution in [1.82, 2.24) is 24.7 Å². The largest absolute Gasteiger partial charge is 0.478 e. The highest BCUT2D eigenvalue weighted by molar-refractivity contribution is 7.98. The average molecular weight is 293 g/mol. The lowest BCUT2D eigenvalue weighted by Gasteiger charge is -2.08. The Bertz CT molecular complexity index is 641. The number of hydrogen-bond donors (Lipinski definition) is 1. The lowest BCUT2D eigenvalue weighted by Crippen LogP contribution is -2.09. The third-order valence-corrected chi connectivity index (χ3v) is 3.69. The smallest absolute Gasteiger partial charge is 0.340 e. The highest BCUT2D eigenvalue weighted by Gasteiger charge is 2.18. The molecule has 106 valence electrons. The summed E-state index contributed by atoms with van der Waals surface area (Å²) in [6.07, 6.45) is 1.49.